The first kappa shape index (κ1) is 14.9. The predicted molar refractivity (Wildman–Crippen MR) is 67.3 cm³/mol. The highest BCUT2D eigenvalue weighted by atomic mass is 16.5. The van der Waals surface area contributed by atoms with Crippen molar-refractivity contribution in [2.45, 2.75) is 65.3 Å². The van der Waals surface area contributed by atoms with Crippen LogP contribution in [0.4, 0.5) is 0 Å². The van der Waals surface area contributed by atoms with Crippen LogP contribution in [0.5, 0.6) is 0 Å². The first-order chi connectivity index (χ1) is 7.31. The van der Waals surface area contributed by atoms with Gasteiger partial charge in [0.25, 0.3) is 0 Å². The topological polar surface area (TPSA) is 21.3 Å². The van der Waals surface area contributed by atoms with Crippen LogP contribution in [-0.2, 0) is 4.74 Å². The fourth-order valence-electron chi connectivity index (χ4n) is 1.43. The molecule has 0 aromatic rings. The van der Waals surface area contributed by atoms with Gasteiger partial charge >= 0.3 is 0 Å². The number of nitrogens with one attached hydrogen (secondary N) is 1. The van der Waals surface area contributed by atoms with Crippen molar-refractivity contribution in [3.8, 4) is 0 Å². The molecule has 0 amide bonds. The molecule has 0 aliphatic rings. The van der Waals surface area contributed by atoms with E-state index in [1.54, 1.807) is 0 Å². The van der Waals surface area contributed by atoms with Crippen LogP contribution < -0.4 is 5.32 Å². The Bertz CT molecular complexity index is 117. The summed E-state index contributed by atoms with van der Waals surface area (Å²) in [6.45, 7) is 9.45. The zero-order valence-corrected chi connectivity index (χ0v) is 10.8. The zero-order chi connectivity index (χ0) is 11.4. The second-order valence-electron chi connectivity index (χ2n) is 4.29. The van der Waals surface area contributed by atoms with Crippen LogP contribution in [0.3, 0.4) is 0 Å². The lowest BCUT2D eigenvalue weighted by Crippen LogP contribution is -2.28. The van der Waals surface area contributed by atoms with E-state index in [0.717, 1.165) is 19.8 Å². The van der Waals surface area contributed by atoms with Crippen molar-refractivity contribution in [3.63, 3.8) is 0 Å². The van der Waals surface area contributed by atoms with Crippen molar-refractivity contribution in [2.75, 3.05) is 19.8 Å². The van der Waals surface area contributed by atoms with Crippen molar-refractivity contribution in [1.82, 2.24) is 5.32 Å². The second-order valence-corrected chi connectivity index (χ2v) is 4.29. The average molecular weight is 215 g/mol. The van der Waals surface area contributed by atoms with E-state index < -0.39 is 0 Å². The molecule has 1 N–H and O–H groups in total. The average Bonchev–Trinajstić information content (AvgIpc) is 2.26. The summed E-state index contributed by atoms with van der Waals surface area (Å²) in [7, 11) is 0. The molecule has 2 nitrogen and oxygen atoms in total. The van der Waals surface area contributed by atoms with Gasteiger partial charge in [-0.2, -0.15) is 0 Å². The minimum Gasteiger partial charge on any atom is -0.380 e. The monoisotopic (exact) mass is 215 g/mol. The molecule has 0 aromatic heterocycles. The van der Waals surface area contributed by atoms with Gasteiger partial charge in [-0.25, -0.2) is 0 Å². The van der Waals surface area contributed by atoms with Crippen molar-refractivity contribution in [3.05, 3.63) is 0 Å². The maximum absolute atomic E-state index is 5.55. The SMILES string of the molecule is CCCCCCCOCCNC(C)CC. The highest BCUT2D eigenvalue weighted by Crippen LogP contribution is 2.01. The zero-order valence-electron chi connectivity index (χ0n) is 10.8. The van der Waals surface area contributed by atoms with E-state index in [4.69, 9.17) is 4.74 Å². The third kappa shape index (κ3) is 11.8. The van der Waals surface area contributed by atoms with Gasteiger partial charge in [0.2, 0.25) is 0 Å². The standard InChI is InChI=1S/C13H29NO/c1-4-6-7-8-9-11-15-12-10-14-13(3)5-2/h13-14H,4-12H2,1-3H3. The lowest BCUT2D eigenvalue weighted by atomic mass is 10.2. The number of hydrogen-bond donors (Lipinski definition) is 1. The number of unbranched alkanes of at least 4 members (excludes halogenated alkanes) is 4. The molecule has 0 saturated heterocycles. The Labute approximate surface area is 95.8 Å². The molecular weight excluding hydrogens is 186 g/mol. The molecule has 0 aromatic carbocycles. The Balaban J connectivity index is 2.92. The summed E-state index contributed by atoms with van der Waals surface area (Å²) in [5.41, 5.74) is 0. The van der Waals surface area contributed by atoms with Crippen LogP contribution in [0, 0.1) is 0 Å². The molecule has 0 bridgehead atoms. The van der Waals surface area contributed by atoms with Crippen LogP contribution in [0.1, 0.15) is 59.3 Å². The summed E-state index contributed by atoms with van der Waals surface area (Å²) < 4.78 is 5.55. The predicted octanol–water partition coefficient (Wildman–Crippen LogP) is 3.36. The number of ether oxygens (including phenoxy) is 1. The van der Waals surface area contributed by atoms with E-state index >= 15 is 0 Å². The summed E-state index contributed by atoms with van der Waals surface area (Å²) >= 11 is 0. The Morgan fingerprint density at radius 2 is 1.73 bits per heavy atom. The van der Waals surface area contributed by atoms with Crippen LogP contribution in [-0.4, -0.2) is 25.8 Å². The lowest BCUT2D eigenvalue weighted by Gasteiger charge is -2.11. The number of hydrogen-bond acceptors (Lipinski definition) is 2. The van der Waals surface area contributed by atoms with Gasteiger partial charge in [0, 0.05) is 19.2 Å². The molecule has 92 valence electrons. The summed E-state index contributed by atoms with van der Waals surface area (Å²) in [4.78, 5) is 0. The molecule has 2 heteroatoms. The molecule has 0 heterocycles. The van der Waals surface area contributed by atoms with Gasteiger partial charge in [-0.15, -0.1) is 0 Å². The van der Waals surface area contributed by atoms with Gasteiger partial charge in [0.1, 0.15) is 0 Å². The van der Waals surface area contributed by atoms with E-state index in [2.05, 4.69) is 26.1 Å². The normalized spacial score (nSPS) is 13.0. The third-order valence-electron chi connectivity index (χ3n) is 2.74. The highest BCUT2D eigenvalue weighted by molar-refractivity contribution is 4.56. The third-order valence-corrected chi connectivity index (χ3v) is 2.74. The van der Waals surface area contributed by atoms with Crippen LogP contribution >= 0.6 is 0 Å². The molecule has 0 radical (unpaired) electrons. The molecule has 0 aliphatic carbocycles. The van der Waals surface area contributed by atoms with Gasteiger partial charge in [-0.3, -0.25) is 0 Å². The molecule has 0 fully saturated rings. The van der Waals surface area contributed by atoms with Gasteiger partial charge < -0.3 is 10.1 Å². The van der Waals surface area contributed by atoms with E-state index in [-0.39, 0.29) is 0 Å². The van der Waals surface area contributed by atoms with Gasteiger partial charge in [-0.05, 0) is 19.8 Å². The molecule has 0 saturated carbocycles. The largest absolute Gasteiger partial charge is 0.380 e. The molecule has 0 spiro atoms. The minimum atomic E-state index is 0.623. The van der Waals surface area contributed by atoms with Crippen molar-refractivity contribution in [2.24, 2.45) is 0 Å². The van der Waals surface area contributed by atoms with Crippen molar-refractivity contribution < 1.29 is 4.74 Å². The van der Waals surface area contributed by atoms with Crippen molar-refractivity contribution in [1.29, 1.82) is 0 Å². The van der Waals surface area contributed by atoms with E-state index in [9.17, 15) is 0 Å². The Hall–Kier alpha value is -0.0800. The van der Waals surface area contributed by atoms with Crippen LogP contribution in [0.2, 0.25) is 0 Å². The Kier molecular flexibility index (Phi) is 11.9. The first-order valence-corrected chi connectivity index (χ1v) is 6.62. The smallest absolute Gasteiger partial charge is 0.0590 e. The maximum atomic E-state index is 5.55. The fourth-order valence-corrected chi connectivity index (χ4v) is 1.43. The molecular formula is C13H29NO. The quantitative estimate of drug-likeness (QED) is 0.534. The van der Waals surface area contributed by atoms with Gasteiger partial charge in [-0.1, -0.05) is 39.5 Å². The lowest BCUT2D eigenvalue weighted by molar-refractivity contribution is 0.129. The fraction of sp³-hybridized carbons (Fsp3) is 1.00. The molecule has 1 atom stereocenters. The maximum Gasteiger partial charge on any atom is 0.0590 e. The summed E-state index contributed by atoms with van der Waals surface area (Å²) in [6.07, 6.45) is 7.80. The summed E-state index contributed by atoms with van der Waals surface area (Å²) in [6, 6.07) is 0.623. The van der Waals surface area contributed by atoms with Gasteiger partial charge in [0.05, 0.1) is 6.61 Å². The van der Waals surface area contributed by atoms with Crippen LogP contribution in [0.25, 0.3) is 0 Å². The molecule has 0 rings (SSSR count). The van der Waals surface area contributed by atoms with Crippen LogP contribution in [0.15, 0.2) is 0 Å². The Morgan fingerprint density at radius 3 is 2.40 bits per heavy atom. The number of rotatable bonds is 11. The minimum absolute atomic E-state index is 0.623. The van der Waals surface area contributed by atoms with E-state index in [1.807, 2.05) is 0 Å². The molecule has 15 heavy (non-hydrogen) atoms. The Morgan fingerprint density at radius 1 is 1.00 bits per heavy atom. The molecule has 1 unspecified atom stereocenters. The van der Waals surface area contributed by atoms with E-state index in [1.165, 1.54) is 38.5 Å². The molecule has 0 aliphatic heterocycles. The van der Waals surface area contributed by atoms with Crippen molar-refractivity contribution >= 4 is 0 Å². The summed E-state index contributed by atoms with van der Waals surface area (Å²) in [5, 5.41) is 3.42. The second kappa shape index (κ2) is 12.0. The highest BCUT2D eigenvalue weighted by Gasteiger charge is 1.95. The summed E-state index contributed by atoms with van der Waals surface area (Å²) in [5.74, 6) is 0. The first-order valence-electron chi connectivity index (χ1n) is 6.62. The van der Waals surface area contributed by atoms with E-state index in [0.29, 0.717) is 6.04 Å². The van der Waals surface area contributed by atoms with Gasteiger partial charge in [0.15, 0.2) is 0 Å².